The molecule has 0 fully saturated rings. The number of fused-ring (bicyclic) bond motifs is 1. The predicted octanol–water partition coefficient (Wildman–Crippen LogP) is 7.06. The lowest BCUT2D eigenvalue weighted by Gasteiger charge is -2.26. The first-order valence-corrected chi connectivity index (χ1v) is 14.9. The second-order valence-electron chi connectivity index (χ2n) is 10.3. The summed E-state index contributed by atoms with van der Waals surface area (Å²) in [4.78, 5) is 19.2. The number of hydrogen-bond donors (Lipinski definition) is 0. The molecule has 0 radical (unpaired) electrons. The van der Waals surface area contributed by atoms with Gasteiger partial charge in [-0.25, -0.2) is 13.4 Å². The van der Waals surface area contributed by atoms with Gasteiger partial charge in [-0.15, -0.1) is 0 Å². The van der Waals surface area contributed by atoms with Crippen LogP contribution in [-0.2, 0) is 22.7 Å². The Bertz CT molecular complexity index is 1550. The summed E-state index contributed by atoms with van der Waals surface area (Å²) in [7, 11) is -3.81. The highest BCUT2D eigenvalue weighted by molar-refractivity contribution is 7.89. The number of anilines is 1. The number of carbonyl (C=O) groups excluding carboxylic acids is 1. The molecule has 4 rings (SSSR count). The zero-order chi connectivity index (χ0) is 29.2. The molecule has 0 spiro atoms. The minimum Gasteiger partial charge on any atom is -0.467 e. The van der Waals surface area contributed by atoms with Gasteiger partial charge in [0.25, 0.3) is 5.91 Å². The number of aromatic nitrogens is 1. The molecule has 0 saturated heterocycles. The molecule has 40 heavy (non-hydrogen) atoms. The molecule has 0 bridgehead atoms. The summed E-state index contributed by atoms with van der Waals surface area (Å²) in [5.41, 5.74) is -0.982. The van der Waals surface area contributed by atoms with Crippen molar-refractivity contribution in [1.82, 2.24) is 9.29 Å². The number of halogens is 3. The van der Waals surface area contributed by atoms with Gasteiger partial charge in [-0.1, -0.05) is 45.1 Å². The van der Waals surface area contributed by atoms with E-state index in [0.29, 0.717) is 18.8 Å². The van der Waals surface area contributed by atoms with Crippen molar-refractivity contribution >= 4 is 42.6 Å². The van der Waals surface area contributed by atoms with Crippen molar-refractivity contribution in [3.05, 3.63) is 77.7 Å². The van der Waals surface area contributed by atoms with E-state index in [9.17, 15) is 26.4 Å². The molecular formula is C28H30F3N3O4S2. The molecule has 2 aromatic heterocycles. The number of thiazole rings is 1. The first-order valence-electron chi connectivity index (χ1n) is 12.7. The highest BCUT2D eigenvalue weighted by Crippen LogP contribution is 2.39. The zero-order valence-corrected chi connectivity index (χ0v) is 24.1. The number of alkyl halides is 3. The Morgan fingerprint density at radius 1 is 0.975 bits per heavy atom. The van der Waals surface area contributed by atoms with Gasteiger partial charge >= 0.3 is 6.18 Å². The number of hydrogen-bond acceptors (Lipinski definition) is 6. The largest absolute Gasteiger partial charge is 0.467 e. The maximum atomic E-state index is 13.7. The molecule has 0 atom stereocenters. The first kappa shape index (κ1) is 29.8. The van der Waals surface area contributed by atoms with Crippen LogP contribution < -0.4 is 4.90 Å². The van der Waals surface area contributed by atoms with Gasteiger partial charge in [-0.05, 0) is 60.4 Å². The van der Waals surface area contributed by atoms with E-state index in [2.05, 4.69) is 4.98 Å². The maximum Gasteiger partial charge on any atom is 0.418 e. The summed E-state index contributed by atoms with van der Waals surface area (Å²) < 4.78 is 74.7. The maximum absolute atomic E-state index is 13.7. The van der Waals surface area contributed by atoms with E-state index >= 15 is 0 Å². The molecule has 2 aromatic carbocycles. The minimum absolute atomic E-state index is 0.0535. The Morgan fingerprint density at radius 3 is 2.17 bits per heavy atom. The SMILES string of the molecule is CC(C)CN(CC(C)C)S(=O)(=O)c1ccc(C(=O)N(Cc2ccco2)c2nc3c(C(F)(F)F)cccc3s2)cc1. The fourth-order valence-corrected chi connectivity index (χ4v) is 6.98. The van der Waals surface area contributed by atoms with Gasteiger partial charge < -0.3 is 4.42 Å². The molecule has 1 amide bonds. The van der Waals surface area contributed by atoms with Crippen LogP contribution in [0, 0.1) is 11.8 Å². The molecular weight excluding hydrogens is 563 g/mol. The molecule has 4 aromatic rings. The summed E-state index contributed by atoms with van der Waals surface area (Å²) >= 11 is 0.953. The molecule has 2 heterocycles. The van der Waals surface area contributed by atoms with Crippen LogP contribution in [0.15, 0.2) is 70.2 Å². The average molecular weight is 594 g/mol. The number of furan rings is 1. The van der Waals surface area contributed by atoms with Gasteiger partial charge in [0, 0.05) is 18.7 Å². The zero-order valence-electron chi connectivity index (χ0n) is 22.5. The van der Waals surface area contributed by atoms with E-state index in [1.165, 1.54) is 51.9 Å². The highest BCUT2D eigenvalue weighted by Gasteiger charge is 2.35. The van der Waals surface area contributed by atoms with E-state index in [-0.39, 0.29) is 44.2 Å². The summed E-state index contributed by atoms with van der Waals surface area (Å²) in [6.45, 7) is 8.40. The van der Waals surface area contributed by atoms with Gasteiger partial charge in [0.2, 0.25) is 10.0 Å². The Morgan fingerprint density at radius 2 is 1.62 bits per heavy atom. The van der Waals surface area contributed by atoms with Crippen LogP contribution in [0.3, 0.4) is 0 Å². The van der Waals surface area contributed by atoms with Crippen LogP contribution in [0.4, 0.5) is 18.3 Å². The monoisotopic (exact) mass is 593 g/mol. The molecule has 0 aliphatic rings. The Hall–Kier alpha value is -3.22. The Kier molecular flexibility index (Phi) is 8.72. The van der Waals surface area contributed by atoms with Crippen molar-refractivity contribution < 1.29 is 30.8 Å². The summed E-state index contributed by atoms with van der Waals surface area (Å²) in [5, 5.41) is 0.0600. The van der Waals surface area contributed by atoms with Crippen molar-refractivity contribution in [2.45, 2.75) is 45.3 Å². The molecule has 0 saturated carbocycles. The average Bonchev–Trinajstić information content (AvgIpc) is 3.55. The van der Waals surface area contributed by atoms with Crippen LogP contribution >= 0.6 is 11.3 Å². The predicted molar refractivity (Wildman–Crippen MR) is 149 cm³/mol. The van der Waals surface area contributed by atoms with Crippen molar-refractivity contribution in [2.24, 2.45) is 11.8 Å². The van der Waals surface area contributed by atoms with Gasteiger partial charge in [0.1, 0.15) is 5.76 Å². The van der Waals surface area contributed by atoms with Crippen molar-refractivity contribution in [2.75, 3.05) is 18.0 Å². The van der Waals surface area contributed by atoms with Crippen molar-refractivity contribution in [1.29, 1.82) is 0 Å². The normalized spacial score (nSPS) is 12.7. The lowest BCUT2D eigenvalue weighted by Crippen LogP contribution is -2.37. The van der Waals surface area contributed by atoms with Gasteiger partial charge in [-0.2, -0.15) is 17.5 Å². The van der Waals surface area contributed by atoms with E-state index in [0.717, 1.165) is 17.4 Å². The lowest BCUT2D eigenvalue weighted by atomic mass is 10.2. The third-order valence-corrected chi connectivity index (χ3v) is 8.85. The third-order valence-electron chi connectivity index (χ3n) is 5.96. The number of benzene rings is 2. The Balaban J connectivity index is 1.70. The van der Waals surface area contributed by atoms with Gasteiger partial charge in [-0.3, -0.25) is 9.69 Å². The van der Waals surface area contributed by atoms with Crippen LogP contribution in [0.2, 0.25) is 0 Å². The number of para-hydroxylation sites is 1. The van der Waals surface area contributed by atoms with E-state index in [4.69, 9.17) is 4.42 Å². The number of sulfonamides is 1. The number of carbonyl (C=O) groups is 1. The van der Waals surface area contributed by atoms with Gasteiger partial charge in [0.15, 0.2) is 5.13 Å². The van der Waals surface area contributed by atoms with Crippen molar-refractivity contribution in [3.63, 3.8) is 0 Å². The number of amides is 1. The van der Waals surface area contributed by atoms with E-state index < -0.39 is 27.7 Å². The van der Waals surface area contributed by atoms with Crippen molar-refractivity contribution in [3.8, 4) is 0 Å². The quantitative estimate of drug-likeness (QED) is 0.197. The van der Waals surface area contributed by atoms with Crippen LogP contribution in [0.1, 0.15) is 49.4 Å². The second kappa shape index (κ2) is 11.7. The summed E-state index contributed by atoms with van der Waals surface area (Å²) in [6, 6.07) is 12.6. The first-order chi connectivity index (χ1) is 18.8. The Labute approximate surface area is 235 Å². The molecule has 214 valence electrons. The molecule has 0 aliphatic carbocycles. The van der Waals surface area contributed by atoms with E-state index in [1.807, 2.05) is 27.7 Å². The molecule has 0 aliphatic heterocycles. The smallest absolute Gasteiger partial charge is 0.418 e. The molecule has 0 unspecified atom stereocenters. The van der Waals surface area contributed by atoms with Crippen LogP contribution in [-0.4, -0.2) is 36.7 Å². The second-order valence-corrected chi connectivity index (χ2v) is 13.2. The summed E-state index contributed by atoms with van der Waals surface area (Å²) in [5.74, 6) is 0.0856. The van der Waals surface area contributed by atoms with Crippen LogP contribution in [0.5, 0.6) is 0 Å². The number of rotatable bonds is 10. The third kappa shape index (κ3) is 6.56. The topological polar surface area (TPSA) is 83.7 Å². The number of nitrogens with zero attached hydrogens (tertiary/aromatic N) is 3. The fourth-order valence-electron chi connectivity index (χ4n) is 4.23. The fraction of sp³-hybridized carbons (Fsp3) is 0.357. The minimum atomic E-state index is -4.61. The highest BCUT2D eigenvalue weighted by atomic mass is 32.2. The van der Waals surface area contributed by atoms with Gasteiger partial charge in [0.05, 0.1) is 33.5 Å². The molecule has 7 nitrogen and oxygen atoms in total. The van der Waals surface area contributed by atoms with Crippen LogP contribution in [0.25, 0.3) is 10.2 Å². The summed E-state index contributed by atoms with van der Waals surface area (Å²) in [6.07, 6.45) is -3.18. The molecule has 12 heteroatoms. The molecule has 0 N–H and O–H groups in total. The van der Waals surface area contributed by atoms with E-state index in [1.54, 1.807) is 12.1 Å². The standard InChI is InChI=1S/C28H30F3N3O4S2/c1-18(2)15-33(16-19(3)4)40(36,37)22-12-10-20(11-13-22)26(35)34(17-21-7-6-14-38-21)27-32-25-23(28(29,30)31)8-5-9-24(25)39-27/h5-14,18-19H,15-17H2,1-4H3. The lowest BCUT2D eigenvalue weighted by molar-refractivity contribution is -0.136.